The molecule has 0 spiro atoms. The van der Waals surface area contributed by atoms with Gasteiger partial charge in [-0.2, -0.15) is 0 Å². The Morgan fingerprint density at radius 3 is 2.33 bits per heavy atom. The van der Waals surface area contributed by atoms with Crippen LogP contribution in [0.15, 0.2) is 4.99 Å². The normalized spacial score (nSPS) is 25.9. The Hall–Kier alpha value is -0.770. The number of nitrogens with one attached hydrogen (secondary N) is 1. The van der Waals surface area contributed by atoms with Crippen molar-refractivity contribution in [1.82, 2.24) is 5.32 Å². The molecule has 104 valence electrons. The van der Waals surface area contributed by atoms with Crippen LogP contribution in [-0.2, 0) is 0 Å². The van der Waals surface area contributed by atoms with Crippen LogP contribution >= 0.6 is 0 Å². The molecule has 0 heterocycles. The van der Waals surface area contributed by atoms with Crippen LogP contribution in [0, 0.1) is 0 Å². The molecule has 0 aliphatic heterocycles. The fourth-order valence-corrected chi connectivity index (χ4v) is 3.10. The van der Waals surface area contributed by atoms with Crippen LogP contribution in [0.1, 0.15) is 64.2 Å². The molecule has 0 aromatic rings. The molecule has 0 aromatic heterocycles. The van der Waals surface area contributed by atoms with E-state index >= 15 is 0 Å². The lowest BCUT2D eigenvalue weighted by molar-refractivity contribution is 0.0343. The number of hydrogen-bond donors (Lipinski definition) is 3. The molecule has 0 bridgehead atoms. The largest absolute Gasteiger partial charge is 0.388 e. The van der Waals surface area contributed by atoms with Crippen LogP contribution < -0.4 is 11.1 Å². The van der Waals surface area contributed by atoms with E-state index in [0.29, 0.717) is 18.5 Å². The van der Waals surface area contributed by atoms with E-state index in [1.807, 2.05) is 0 Å². The first-order valence-corrected chi connectivity index (χ1v) is 7.47. The number of rotatable bonds is 3. The van der Waals surface area contributed by atoms with Crippen molar-refractivity contribution < 1.29 is 5.11 Å². The number of nitrogens with zero attached hydrogens (tertiary/aromatic N) is 1. The summed E-state index contributed by atoms with van der Waals surface area (Å²) in [4.78, 5) is 4.36. The third-order valence-electron chi connectivity index (χ3n) is 4.29. The van der Waals surface area contributed by atoms with Crippen molar-refractivity contribution in [2.24, 2.45) is 10.7 Å². The monoisotopic (exact) mass is 253 g/mol. The van der Waals surface area contributed by atoms with Crippen LogP contribution in [0.3, 0.4) is 0 Å². The fraction of sp³-hybridized carbons (Fsp3) is 0.929. The Bertz CT molecular complexity index is 277. The summed E-state index contributed by atoms with van der Waals surface area (Å²) >= 11 is 0. The Morgan fingerprint density at radius 1 is 1.11 bits per heavy atom. The van der Waals surface area contributed by atoms with Gasteiger partial charge in [0.25, 0.3) is 0 Å². The second kappa shape index (κ2) is 6.41. The molecule has 4 N–H and O–H groups in total. The van der Waals surface area contributed by atoms with Crippen LogP contribution in [0.5, 0.6) is 0 Å². The summed E-state index contributed by atoms with van der Waals surface area (Å²) in [5.41, 5.74) is 5.28. The quantitative estimate of drug-likeness (QED) is 0.409. The zero-order valence-electron chi connectivity index (χ0n) is 11.3. The summed E-state index contributed by atoms with van der Waals surface area (Å²) in [6.45, 7) is 0.457. The van der Waals surface area contributed by atoms with Crippen LogP contribution in [-0.4, -0.2) is 29.3 Å². The number of aliphatic hydroxyl groups is 1. The molecule has 2 aliphatic carbocycles. The van der Waals surface area contributed by atoms with Gasteiger partial charge in [0.15, 0.2) is 5.96 Å². The van der Waals surface area contributed by atoms with Gasteiger partial charge in [-0.25, -0.2) is 0 Å². The molecular formula is C14H27N3O. The van der Waals surface area contributed by atoms with Gasteiger partial charge in [-0.05, 0) is 25.7 Å². The molecule has 2 aliphatic rings. The Labute approximate surface area is 110 Å². The first-order valence-electron chi connectivity index (χ1n) is 7.47. The van der Waals surface area contributed by atoms with E-state index in [1.165, 1.54) is 38.5 Å². The maximum Gasteiger partial charge on any atom is 0.188 e. The summed E-state index contributed by atoms with van der Waals surface area (Å²) < 4.78 is 0. The highest BCUT2D eigenvalue weighted by Gasteiger charge is 2.27. The summed E-state index contributed by atoms with van der Waals surface area (Å²) in [5, 5.41) is 13.7. The van der Waals surface area contributed by atoms with Crippen molar-refractivity contribution in [3.05, 3.63) is 0 Å². The first kappa shape index (κ1) is 13.7. The minimum Gasteiger partial charge on any atom is -0.388 e. The number of nitrogens with two attached hydrogens (primary N) is 1. The molecule has 4 heteroatoms. The van der Waals surface area contributed by atoms with Crippen LogP contribution in [0.2, 0.25) is 0 Å². The zero-order valence-corrected chi connectivity index (χ0v) is 11.3. The Balaban J connectivity index is 1.79. The average Bonchev–Trinajstić information content (AvgIpc) is 2.75. The highest BCUT2D eigenvalue weighted by molar-refractivity contribution is 5.78. The Morgan fingerprint density at radius 2 is 1.72 bits per heavy atom. The molecule has 18 heavy (non-hydrogen) atoms. The zero-order chi connectivity index (χ0) is 12.8. The molecule has 2 saturated carbocycles. The second-order valence-electron chi connectivity index (χ2n) is 5.97. The maximum absolute atomic E-state index is 10.5. The topological polar surface area (TPSA) is 70.6 Å². The van der Waals surface area contributed by atoms with Crippen molar-refractivity contribution in [2.75, 3.05) is 6.54 Å². The van der Waals surface area contributed by atoms with E-state index in [1.54, 1.807) is 0 Å². The van der Waals surface area contributed by atoms with Crippen molar-refractivity contribution >= 4 is 5.96 Å². The van der Waals surface area contributed by atoms with Gasteiger partial charge in [-0.3, -0.25) is 4.99 Å². The molecule has 2 rings (SSSR count). The van der Waals surface area contributed by atoms with Crippen LogP contribution in [0.4, 0.5) is 0 Å². The molecule has 0 aromatic carbocycles. The van der Waals surface area contributed by atoms with E-state index in [-0.39, 0.29) is 0 Å². The van der Waals surface area contributed by atoms with E-state index in [0.717, 1.165) is 25.7 Å². The summed E-state index contributed by atoms with van der Waals surface area (Å²) in [5.74, 6) is 0.513. The lowest BCUT2D eigenvalue weighted by Gasteiger charge is -2.24. The van der Waals surface area contributed by atoms with Crippen LogP contribution in [0.25, 0.3) is 0 Å². The summed E-state index contributed by atoms with van der Waals surface area (Å²) in [7, 11) is 0. The minimum absolute atomic E-state index is 0.457. The van der Waals surface area contributed by atoms with Gasteiger partial charge in [0.2, 0.25) is 0 Å². The predicted octanol–water partition coefficient (Wildman–Crippen LogP) is 1.92. The van der Waals surface area contributed by atoms with E-state index in [4.69, 9.17) is 5.73 Å². The molecule has 4 nitrogen and oxygen atoms in total. The summed E-state index contributed by atoms with van der Waals surface area (Å²) in [6, 6.07) is 0.498. The van der Waals surface area contributed by atoms with Gasteiger partial charge in [0.1, 0.15) is 0 Å². The van der Waals surface area contributed by atoms with Crippen molar-refractivity contribution in [2.45, 2.75) is 75.9 Å². The molecule has 0 radical (unpaired) electrons. The van der Waals surface area contributed by atoms with Crippen molar-refractivity contribution in [1.29, 1.82) is 0 Å². The molecule has 0 saturated heterocycles. The molecular weight excluding hydrogens is 226 g/mol. The molecule has 2 fully saturated rings. The van der Waals surface area contributed by atoms with Gasteiger partial charge in [0.05, 0.1) is 12.1 Å². The maximum atomic E-state index is 10.5. The summed E-state index contributed by atoms with van der Waals surface area (Å²) in [6.07, 6.45) is 11.4. The smallest absolute Gasteiger partial charge is 0.188 e. The first-order chi connectivity index (χ1) is 8.68. The molecule has 0 atom stereocenters. The average molecular weight is 253 g/mol. The van der Waals surface area contributed by atoms with E-state index in [2.05, 4.69) is 10.3 Å². The number of hydrogen-bond acceptors (Lipinski definition) is 2. The van der Waals surface area contributed by atoms with Gasteiger partial charge in [-0.15, -0.1) is 0 Å². The van der Waals surface area contributed by atoms with Crippen molar-refractivity contribution in [3.8, 4) is 0 Å². The predicted molar refractivity (Wildman–Crippen MR) is 74.5 cm³/mol. The highest BCUT2D eigenvalue weighted by Crippen LogP contribution is 2.27. The lowest BCUT2D eigenvalue weighted by atomic mass is 9.95. The third-order valence-corrected chi connectivity index (χ3v) is 4.29. The lowest BCUT2D eigenvalue weighted by Crippen LogP contribution is -2.40. The molecule has 0 amide bonds. The SMILES string of the molecule is NC(=NCC1(O)CCCCCC1)NC1CCCC1. The minimum atomic E-state index is -0.613. The van der Waals surface area contributed by atoms with Gasteiger partial charge >= 0.3 is 0 Å². The van der Waals surface area contributed by atoms with E-state index in [9.17, 15) is 5.11 Å². The second-order valence-corrected chi connectivity index (χ2v) is 5.97. The fourth-order valence-electron chi connectivity index (χ4n) is 3.10. The number of aliphatic imine (C=N–C) groups is 1. The standard InChI is InChI=1S/C14H27N3O/c15-13(17-12-7-3-4-8-12)16-11-14(18)9-5-1-2-6-10-14/h12,18H,1-11H2,(H3,15,16,17). The molecule has 0 unspecified atom stereocenters. The van der Waals surface area contributed by atoms with Gasteiger partial charge in [0, 0.05) is 6.04 Å². The number of guanidine groups is 1. The van der Waals surface area contributed by atoms with Gasteiger partial charge in [-0.1, -0.05) is 38.5 Å². The van der Waals surface area contributed by atoms with Crippen molar-refractivity contribution in [3.63, 3.8) is 0 Å². The van der Waals surface area contributed by atoms with Gasteiger partial charge < -0.3 is 16.2 Å². The third kappa shape index (κ3) is 4.16. The van der Waals surface area contributed by atoms with E-state index < -0.39 is 5.60 Å². The highest BCUT2D eigenvalue weighted by atomic mass is 16.3. The Kier molecular flexibility index (Phi) is 4.87.